The normalized spacial score (nSPS) is 14.6. The van der Waals surface area contributed by atoms with Gasteiger partial charge in [-0.15, -0.1) is 0 Å². The molecule has 1 aliphatic rings. The van der Waals surface area contributed by atoms with Gasteiger partial charge in [0.1, 0.15) is 13.2 Å². The number of rotatable bonds is 9. The van der Waals surface area contributed by atoms with Crippen molar-refractivity contribution in [3.63, 3.8) is 0 Å². The predicted octanol–water partition coefficient (Wildman–Crippen LogP) is 2.55. The van der Waals surface area contributed by atoms with Crippen LogP contribution in [0.5, 0.6) is 5.88 Å². The van der Waals surface area contributed by atoms with E-state index in [0.717, 1.165) is 36.2 Å². The first kappa shape index (κ1) is 19.8. The molecule has 0 saturated heterocycles. The maximum Gasteiger partial charge on any atom is 0.276 e. The van der Waals surface area contributed by atoms with Crippen LogP contribution in [0.2, 0.25) is 0 Å². The van der Waals surface area contributed by atoms with Crippen LogP contribution in [0.15, 0.2) is 23.5 Å². The van der Waals surface area contributed by atoms with Gasteiger partial charge in [0.05, 0.1) is 29.8 Å². The molecule has 0 radical (unpaired) electrons. The number of oxime groups is 1. The molecule has 1 aliphatic carbocycles. The zero-order chi connectivity index (χ0) is 19.8. The zero-order valence-electron chi connectivity index (χ0n) is 16.2. The Kier molecular flexibility index (Phi) is 6.96. The van der Waals surface area contributed by atoms with Crippen molar-refractivity contribution in [2.24, 2.45) is 5.16 Å². The van der Waals surface area contributed by atoms with Crippen molar-refractivity contribution in [1.82, 2.24) is 15.2 Å². The van der Waals surface area contributed by atoms with Gasteiger partial charge in [-0.2, -0.15) is 5.10 Å². The lowest BCUT2D eigenvalue weighted by molar-refractivity contribution is 0.102. The second kappa shape index (κ2) is 9.84. The van der Waals surface area contributed by atoms with E-state index >= 15 is 0 Å². The Bertz CT molecular complexity index is 816. The van der Waals surface area contributed by atoms with Crippen molar-refractivity contribution in [3.8, 4) is 5.88 Å². The lowest BCUT2D eigenvalue weighted by atomic mass is 9.93. The number of nitrogens with zero attached hydrogens (tertiary/aromatic N) is 3. The highest BCUT2D eigenvalue weighted by Crippen LogP contribution is 2.24. The van der Waals surface area contributed by atoms with Crippen molar-refractivity contribution >= 4 is 17.3 Å². The molecule has 0 spiro atoms. The van der Waals surface area contributed by atoms with Crippen LogP contribution in [0.4, 0.5) is 5.69 Å². The highest BCUT2D eigenvalue weighted by Gasteiger charge is 2.27. The minimum atomic E-state index is -0.324. The van der Waals surface area contributed by atoms with E-state index in [-0.39, 0.29) is 5.91 Å². The zero-order valence-corrected chi connectivity index (χ0v) is 16.2. The van der Waals surface area contributed by atoms with Crippen LogP contribution in [0.1, 0.15) is 48.4 Å². The number of hydrogen-bond donors (Lipinski definition) is 2. The fourth-order valence-electron chi connectivity index (χ4n) is 2.90. The predicted molar refractivity (Wildman–Crippen MR) is 104 cm³/mol. The Morgan fingerprint density at radius 1 is 1.25 bits per heavy atom. The Balaban J connectivity index is 1.66. The summed E-state index contributed by atoms with van der Waals surface area (Å²) in [6, 6.07) is 3.43. The molecule has 9 nitrogen and oxygen atoms in total. The number of fused-ring (bicyclic) bond motifs is 1. The number of H-pyrrole nitrogens is 1. The van der Waals surface area contributed by atoms with Crippen molar-refractivity contribution in [3.05, 3.63) is 35.3 Å². The molecule has 0 saturated carbocycles. The average Bonchev–Trinajstić information content (AvgIpc) is 3.16. The summed E-state index contributed by atoms with van der Waals surface area (Å²) in [6.45, 7) is 5.85. The SMILES string of the molecule is CCOCCOc1ccc(NC(=O)c2n[nH]c3c2C(=NOCC)CCC3)cn1. The highest BCUT2D eigenvalue weighted by molar-refractivity contribution is 6.13. The minimum absolute atomic E-state index is 0.310. The van der Waals surface area contributed by atoms with Gasteiger partial charge in [-0.25, -0.2) is 4.98 Å². The monoisotopic (exact) mass is 387 g/mol. The Hall–Kier alpha value is -2.94. The van der Waals surface area contributed by atoms with Gasteiger partial charge in [-0.1, -0.05) is 5.16 Å². The largest absolute Gasteiger partial charge is 0.475 e. The molecule has 9 heteroatoms. The Morgan fingerprint density at radius 2 is 2.14 bits per heavy atom. The smallest absolute Gasteiger partial charge is 0.276 e. The standard InChI is InChI=1S/C19H25N5O4/c1-3-26-10-11-27-16-9-8-13(12-20-16)21-19(25)18-17-14(22-23-18)6-5-7-15(17)24-28-4-2/h8-9,12H,3-7,10-11H2,1-2H3,(H,21,25)(H,22,23). The van der Waals surface area contributed by atoms with E-state index in [1.807, 2.05) is 13.8 Å². The molecule has 2 aromatic rings. The van der Waals surface area contributed by atoms with Crippen molar-refractivity contribution in [2.75, 3.05) is 31.7 Å². The van der Waals surface area contributed by atoms with Gasteiger partial charge in [0.15, 0.2) is 5.69 Å². The number of carbonyl (C=O) groups is 1. The molecule has 2 N–H and O–H groups in total. The molecule has 28 heavy (non-hydrogen) atoms. The molecule has 0 bridgehead atoms. The lowest BCUT2D eigenvalue weighted by Gasteiger charge is -2.14. The summed E-state index contributed by atoms with van der Waals surface area (Å²) in [5.41, 5.74) is 3.26. The van der Waals surface area contributed by atoms with Crippen LogP contribution in [-0.4, -0.2) is 53.2 Å². The summed E-state index contributed by atoms with van der Waals surface area (Å²) < 4.78 is 10.7. The molecule has 1 amide bonds. The molecule has 0 aromatic carbocycles. The molecule has 0 fully saturated rings. The summed E-state index contributed by atoms with van der Waals surface area (Å²) >= 11 is 0. The van der Waals surface area contributed by atoms with E-state index in [1.54, 1.807) is 18.3 Å². The number of aromatic nitrogens is 3. The van der Waals surface area contributed by atoms with E-state index in [4.69, 9.17) is 14.3 Å². The van der Waals surface area contributed by atoms with Gasteiger partial charge in [-0.3, -0.25) is 9.89 Å². The average molecular weight is 387 g/mol. The van der Waals surface area contributed by atoms with Crippen LogP contribution in [0.3, 0.4) is 0 Å². The van der Waals surface area contributed by atoms with Crippen LogP contribution >= 0.6 is 0 Å². The van der Waals surface area contributed by atoms with Gasteiger partial charge >= 0.3 is 0 Å². The first-order chi connectivity index (χ1) is 13.7. The third-order valence-corrected chi connectivity index (χ3v) is 4.17. The van der Waals surface area contributed by atoms with Gasteiger partial charge in [0.25, 0.3) is 5.91 Å². The lowest BCUT2D eigenvalue weighted by Crippen LogP contribution is -2.19. The quantitative estimate of drug-likeness (QED) is 0.505. The van der Waals surface area contributed by atoms with Crippen molar-refractivity contribution in [1.29, 1.82) is 0 Å². The molecule has 0 aliphatic heterocycles. The van der Waals surface area contributed by atoms with E-state index in [2.05, 4.69) is 25.7 Å². The molecule has 3 rings (SSSR count). The topological polar surface area (TPSA) is 111 Å². The number of aromatic amines is 1. The fourth-order valence-corrected chi connectivity index (χ4v) is 2.90. The van der Waals surface area contributed by atoms with E-state index < -0.39 is 0 Å². The molecular formula is C19H25N5O4. The number of amides is 1. The van der Waals surface area contributed by atoms with Crippen LogP contribution in [0, 0.1) is 0 Å². The Morgan fingerprint density at radius 3 is 2.89 bits per heavy atom. The van der Waals surface area contributed by atoms with Crippen molar-refractivity contribution in [2.45, 2.75) is 33.1 Å². The second-order valence-electron chi connectivity index (χ2n) is 6.12. The van der Waals surface area contributed by atoms with Gasteiger partial charge in [0.2, 0.25) is 5.88 Å². The number of hydrogen-bond acceptors (Lipinski definition) is 7. The van der Waals surface area contributed by atoms with Gasteiger partial charge in [-0.05, 0) is 39.2 Å². The van der Waals surface area contributed by atoms with Crippen LogP contribution in [0.25, 0.3) is 0 Å². The van der Waals surface area contributed by atoms with E-state index in [9.17, 15) is 4.79 Å². The number of anilines is 1. The van der Waals surface area contributed by atoms with E-state index in [0.29, 0.717) is 43.7 Å². The number of nitrogens with one attached hydrogen (secondary N) is 2. The second-order valence-corrected chi connectivity index (χ2v) is 6.12. The fraction of sp³-hybridized carbons (Fsp3) is 0.474. The Labute approximate surface area is 163 Å². The molecule has 0 unspecified atom stereocenters. The summed E-state index contributed by atoms with van der Waals surface area (Å²) in [6.07, 6.45) is 4.07. The number of aryl methyl sites for hydroxylation is 1. The molecule has 150 valence electrons. The summed E-state index contributed by atoms with van der Waals surface area (Å²) in [5.74, 6) is 0.149. The van der Waals surface area contributed by atoms with Crippen LogP contribution in [-0.2, 0) is 16.0 Å². The molecule has 2 heterocycles. The summed E-state index contributed by atoms with van der Waals surface area (Å²) in [5, 5.41) is 14.1. The maximum absolute atomic E-state index is 12.7. The first-order valence-corrected chi connectivity index (χ1v) is 9.47. The maximum atomic E-state index is 12.7. The minimum Gasteiger partial charge on any atom is -0.475 e. The first-order valence-electron chi connectivity index (χ1n) is 9.47. The van der Waals surface area contributed by atoms with E-state index in [1.165, 1.54) is 0 Å². The third-order valence-electron chi connectivity index (χ3n) is 4.17. The number of carbonyl (C=O) groups excluding carboxylic acids is 1. The number of ether oxygens (including phenoxy) is 2. The molecular weight excluding hydrogens is 362 g/mol. The van der Waals surface area contributed by atoms with Gasteiger partial charge in [0, 0.05) is 18.4 Å². The molecule has 0 atom stereocenters. The number of pyridine rings is 1. The summed E-state index contributed by atoms with van der Waals surface area (Å²) in [4.78, 5) is 22.1. The van der Waals surface area contributed by atoms with Crippen molar-refractivity contribution < 1.29 is 19.1 Å². The van der Waals surface area contributed by atoms with Gasteiger partial charge < -0.3 is 19.6 Å². The summed E-state index contributed by atoms with van der Waals surface area (Å²) in [7, 11) is 0. The highest BCUT2D eigenvalue weighted by atomic mass is 16.6. The third kappa shape index (κ3) is 4.86. The van der Waals surface area contributed by atoms with Crippen LogP contribution < -0.4 is 10.1 Å². The molecule has 2 aromatic heterocycles.